The predicted octanol–water partition coefficient (Wildman–Crippen LogP) is 3.02. The van der Waals surface area contributed by atoms with Crippen LogP contribution >= 0.6 is 22.6 Å². The average molecular weight is 326 g/mol. The summed E-state index contributed by atoms with van der Waals surface area (Å²) in [4.78, 5) is 10.9. The van der Waals surface area contributed by atoms with Crippen molar-refractivity contribution in [2.45, 2.75) is 20.0 Å². The van der Waals surface area contributed by atoms with Gasteiger partial charge in [-0.05, 0) is 35.6 Å². The van der Waals surface area contributed by atoms with Crippen molar-refractivity contribution < 1.29 is 18.3 Å². The number of para-hydroxylation sites is 1. The Morgan fingerprint density at radius 2 is 2.20 bits per heavy atom. The third-order valence-corrected chi connectivity index (χ3v) is 2.54. The highest BCUT2D eigenvalue weighted by atomic mass is 127. The smallest absolute Gasteiger partial charge is 0.387 e. The fraction of sp³-hybridized carbons (Fsp3) is 0.300. The molecule has 0 amide bonds. The lowest BCUT2D eigenvalue weighted by atomic mass is 10.1. The van der Waals surface area contributed by atoms with E-state index in [4.69, 9.17) is 0 Å². The maximum absolute atomic E-state index is 12.1. The van der Waals surface area contributed by atoms with Crippen LogP contribution in [0.1, 0.15) is 12.5 Å². The van der Waals surface area contributed by atoms with Crippen molar-refractivity contribution in [3.8, 4) is 5.75 Å². The largest absolute Gasteiger partial charge is 0.433 e. The van der Waals surface area contributed by atoms with Crippen molar-refractivity contribution >= 4 is 28.4 Å². The molecule has 0 N–H and O–H groups in total. The van der Waals surface area contributed by atoms with E-state index < -0.39 is 6.61 Å². The van der Waals surface area contributed by atoms with E-state index in [1.807, 2.05) is 22.6 Å². The molecule has 5 heteroatoms. The first-order chi connectivity index (χ1) is 7.00. The fourth-order valence-electron chi connectivity index (χ4n) is 1.18. The Bertz CT molecular complexity index is 366. The molecule has 0 bridgehead atoms. The van der Waals surface area contributed by atoms with Gasteiger partial charge in [0.15, 0.2) is 0 Å². The Hall–Kier alpha value is -0.720. The van der Waals surface area contributed by atoms with Crippen LogP contribution in [0, 0.1) is 3.57 Å². The lowest BCUT2D eigenvalue weighted by molar-refractivity contribution is -0.116. The predicted molar refractivity (Wildman–Crippen MR) is 60.2 cm³/mol. The van der Waals surface area contributed by atoms with E-state index in [2.05, 4.69) is 4.74 Å². The molecule has 0 unspecified atom stereocenters. The maximum Gasteiger partial charge on any atom is 0.387 e. The molecule has 15 heavy (non-hydrogen) atoms. The summed E-state index contributed by atoms with van der Waals surface area (Å²) in [6.45, 7) is -1.46. The number of alkyl halides is 2. The second-order valence-electron chi connectivity index (χ2n) is 2.99. The highest BCUT2D eigenvalue weighted by Crippen LogP contribution is 2.27. The number of halogens is 3. The maximum atomic E-state index is 12.1. The zero-order valence-corrected chi connectivity index (χ0v) is 10.1. The summed E-state index contributed by atoms with van der Waals surface area (Å²) in [7, 11) is 0. The van der Waals surface area contributed by atoms with Crippen LogP contribution in [0.2, 0.25) is 0 Å². The number of carbonyl (C=O) groups is 1. The van der Waals surface area contributed by atoms with E-state index in [-0.39, 0.29) is 18.0 Å². The number of carbonyl (C=O) groups excluding carboxylic acids is 1. The number of rotatable bonds is 4. The van der Waals surface area contributed by atoms with Gasteiger partial charge in [-0.2, -0.15) is 8.78 Å². The quantitative estimate of drug-likeness (QED) is 0.795. The van der Waals surface area contributed by atoms with E-state index in [1.165, 1.54) is 6.92 Å². The first kappa shape index (κ1) is 12.4. The molecule has 1 aromatic rings. The molecule has 0 radical (unpaired) electrons. The minimum absolute atomic E-state index is 0.0869. The molecule has 0 saturated heterocycles. The molecule has 0 saturated carbocycles. The van der Waals surface area contributed by atoms with Gasteiger partial charge in [0.05, 0.1) is 3.57 Å². The average Bonchev–Trinajstić information content (AvgIpc) is 2.09. The first-order valence-electron chi connectivity index (χ1n) is 4.22. The molecule has 0 spiro atoms. The second kappa shape index (κ2) is 5.39. The monoisotopic (exact) mass is 326 g/mol. The molecule has 0 fully saturated rings. The van der Waals surface area contributed by atoms with Crippen molar-refractivity contribution in [2.75, 3.05) is 0 Å². The van der Waals surface area contributed by atoms with Crippen LogP contribution in [-0.2, 0) is 11.2 Å². The van der Waals surface area contributed by atoms with Crippen molar-refractivity contribution in [1.82, 2.24) is 0 Å². The van der Waals surface area contributed by atoms with Crippen LogP contribution in [0.5, 0.6) is 5.75 Å². The molecule has 1 aromatic carbocycles. The zero-order chi connectivity index (χ0) is 11.4. The molecule has 0 aromatic heterocycles. The van der Waals surface area contributed by atoms with Gasteiger partial charge in [0.1, 0.15) is 11.5 Å². The number of Topliss-reactive ketones (excluding diaryl/α,β-unsaturated/α-hetero) is 1. The third kappa shape index (κ3) is 3.73. The van der Waals surface area contributed by atoms with Gasteiger partial charge in [-0.25, -0.2) is 0 Å². The molecule has 0 aliphatic carbocycles. The fourth-order valence-corrected chi connectivity index (χ4v) is 1.86. The Morgan fingerprint density at radius 3 is 2.73 bits per heavy atom. The lowest BCUT2D eigenvalue weighted by Gasteiger charge is -2.11. The third-order valence-electron chi connectivity index (χ3n) is 1.69. The summed E-state index contributed by atoms with van der Waals surface area (Å²) in [5.41, 5.74) is 0.495. The van der Waals surface area contributed by atoms with Gasteiger partial charge < -0.3 is 4.74 Å². The van der Waals surface area contributed by atoms with Crippen molar-refractivity contribution in [3.05, 3.63) is 27.3 Å². The van der Waals surface area contributed by atoms with Gasteiger partial charge in [-0.15, -0.1) is 0 Å². The van der Waals surface area contributed by atoms with Gasteiger partial charge in [0, 0.05) is 12.0 Å². The number of ether oxygens (including phenoxy) is 1. The van der Waals surface area contributed by atoms with Gasteiger partial charge in [-0.1, -0.05) is 12.1 Å². The van der Waals surface area contributed by atoms with Crippen LogP contribution in [0.15, 0.2) is 18.2 Å². The molecule has 2 nitrogen and oxygen atoms in total. The number of ketones is 1. The molecular weight excluding hydrogens is 317 g/mol. The second-order valence-corrected chi connectivity index (χ2v) is 4.15. The lowest BCUT2D eigenvalue weighted by Crippen LogP contribution is -2.08. The summed E-state index contributed by atoms with van der Waals surface area (Å²) < 4.78 is 29.2. The SMILES string of the molecule is CC(=O)Cc1cccc(I)c1OC(F)F. The molecule has 0 heterocycles. The highest BCUT2D eigenvalue weighted by molar-refractivity contribution is 14.1. The van der Waals surface area contributed by atoms with E-state index in [9.17, 15) is 13.6 Å². The molecule has 82 valence electrons. The van der Waals surface area contributed by atoms with E-state index in [0.29, 0.717) is 9.13 Å². The summed E-state index contributed by atoms with van der Waals surface area (Å²) >= 11 is 1.90. The van der Waals surface area contributed by atoms with Crippen LogP contribution in [0.3, 0.4) is 0 Å². The van der Waals surface area contributed by atoms with Gasteiger partial charge >= 0.3 is 6.61 Å². The molecule has 0 atom stereocenters. The minimum Gasteiger partial charge on any atom is -0.433 e. The standard InChI is InChI=1S/C10H9F2IO2/c1-6(14)5-7-3-2-4-8(13)9(7)15-10(11)12/h2-4,10H,5H2,1H3. The van der Waals surface area contributed by atoms with Gasteiger partial charge in [0.25, 0.3) is 0 Å². The van der Waals surface area contributed by atoms with E-state index in [1.54, 1.807) is 18.2 Å². The van der Waals surface area contributed by atoms with Crippen LogP contribution in [0.4, 0.5) is 8.78 Å². The Morgan fingerprint density at radius 1 is 1.53 bits per heavy atom. The Kier molecular flexibility index (Phi) is 4.44. The normalized spacial score (nSPS) is 10.5. The van der Waals surface area contributed by atoms with E-state index in [0.717, 1.165) is 0 Å². The van der Waals surface area contributed by atoms with Crippen molar-refractivity contribution in [1.29, 1.82) is 0 Å². The summed E-state index contributed by atoms with van der Waals surface area (Å²) in [6.07, 6.45) is 0.110. The molecule has 1 rings (SSSR count). The highest BCUT2D eigenvalue weighted by Gasteiger charge is 2.13. The van der Waals surface area contributed by atoms with Crippen molar-refractivity contribution in [2.24, 2.45) is 0 Å². The molecular formula is C10H9F2IO2. The van der Waals surface area contributed by atoms with Crippen LogP contribution in [-0.4, -0.2) is 12.4 Å². The van der Waals surface area contributed by atoms with Crippen LogP contribution in [0.25, 0.3) is 0 Å². The van der Waals surface area contributed by atoms with Crippen LogP contribution < -0.4 is 4.74 Å². The summed E-state index contributed by atoms with van der Waals surface area (Å²) in [6, 6.07) is 4.97. The number of hydrogen-bond donors (Lipinski definition) is 0. The summed E-state index contributed by atoms with van der Waals surface area (Å²) in [5, 5.41) is 0. The first-order valence-corrected chi connectivity index (χ1v) is 5.30. The molecule has 0 aliphatic heterocycles. The minimum atomic E-state index is -2.87. The molecule has 0 aliphatic rings. The topological polar surface area (TPSA) is 26.3 Å². The van der Waals surface area contributed by atoms with Crippen molar-refractivity contribution in [3.63, 3.8) is 0 Å². The van der Waals surface area contributed by atoms with Gasteiger partial charge in [-0.3, -0.25) is 4.79 Å². The Labute approximate surface area is 99.8 Å². The Balaban J connectivity index is 3.02. The summed E-state index contributed by atoms with van der Waals surface area (Å²) in [5.74, 6) is 0.0133. The number of benzene rings is 1. The van der Waals surface area contributed by atoms with E-state index >= 15 is 0 Å². The number of hydrogen-bond acceptors (Lipinski definition) is 2. The van der Waals surface area contributed by atoms with Gasteiger partial charge in [0.2, 0.25) is 0 Å². The zero-order valence-electron chi connectivity index (χ0n) is 7.97.